The first-order valence-corrected chi connectivity index (χ1v) is 7.21. The van der Waals surface area contributed by atoms with Gasteiger partial charge in [0, 0.05) is 21.9 Å². The summed E-state index contributed by atoms with van der Waals surface area (Å²) in [5.74, 6) is 0.0167. The van der Waals surface area contributed by atoms with Crippen molar-refractivity contribution in [2.75, 3.05) is 5.32 Å². The van der Waals surface area contributed by atoms with Crippen LogP contribution in [0.2, 0.25) is 5.02 Å². The van der Waals surface area contributed by atoms with Crippen LogP contribution in [0.5, 0.6) is 0 Å². The number of alkyl halides is 1. The lowest BCUT2D eigenvalue weighted by Gasteiger charge is -2.10. The van der Waals surface area contributed by atoms with Gasteiger partial charge >= 0.3 is 0 Å². The predicted octanol–water partition coefficient (Wildman–Crippen LogP) is 4.74. The summed E-state index contributed by atoms with van der Waals surface area (Å²) in [5, 5.41) is 4.12. The Hall–Kier alpha value is -0.0600. The molecule has 1 aromatic rings. The summed E-state index contributed by atoms with van der Waals surface area (Å²) >= 11 is 12.7. The van der Waals surface area contributed by atoms with Crippen molar-refractivity contribution in [3.63, 3.8) is 0 Å². The van der Waals surface area contributed by atoms with Crippen LogP contribution in [0, 0.1) is 0 Å². The number of carbonyl (C=O) groups is 1. The lowest BCUT2D eigenvalue weighted by atomic mass is 10.2. The van der Waals surface area contributed by atoms with Crippen molar-refractivity contribution in [2.45, 2.75) is 25.1 Å². The van der Waals surface area contributed by atoms with E-state index in [0.717, 1.165) is 22.1 Å². The van der Waals surface area contributed by atoms with Crippen LogP contribution in [-0.2, 0) is 10.1 Å². The Labute approximate surface area is 117 Å². The number of rotatable bonds is 4. The van der Waals surface area contributed by atoms with Crippen LogP contribution in [0.1, 0.15) is 25.3 Å². The van der Waals surface area contributed by atoms with Gasteiger partial charge in [-0.05, 0) is 40.0 Å². The molecule has 16 heavy (non-hydrogen) atoms. The molecular formula is C11H12Br2ClNO. The average Bonchev–Trinajstić information content (AvgIpc) is 2.23. The average molecular weight is 369 g/mol. The number of nitrogens with one attached hydrogen (secondary N) is 1. The van der Waals surface area contributed by atoms with E-state index < -0.39 is 0 Å². The van der Waals surface area contributed by atoms with Crippen LogP contribution in [-0.4, -0.2) is 5.91 Å². The highest BCUT2D eigenvalue weighted by molar-refractivity contribution is 9.10. The molecule has 0 heterocycles. The van der Waals surface area contributed by atoms with Gasteiger partial charge in [-0.1, -0.05) is 34.5 Å². The Morgan fingerprint density at radius 1 is 1.50 bits per heavy atom. The quantitative estimate of drug-likeness (QED) is 0.764. The van der Waals surface area contributed by atoms with Crippen LogP contribution in [0.25, 0.3) is 0 Å². The maximum Gasteiger partial charge on any atom is 0.224 e. The Balaban J connectivity index is 2.94. The van der Waals surface area contributed by atoms with E-state index in [0.29, 0.717) is 16.8 Å². The molecule has 0 aliphatic carbocycles. The smallest absolute Gasteiger partial charge is 0.224 e. The molecule has 0 aliphatic heterocycles. The maximum absolute atomic E-state index is 11.5. The zero-order valence-corrected chi connectivity index (χ0v) is 12.7. The lowest BCUT2D eigenvalue weighted by molar-refractivity contribution is -0.116. The van der Waals surface area contributed by atoms with Crippen LogP contribution >= 0.6 is 43.5 Å². The molecule has 0 atom stereocenters. The van der Waals surface area contributed by atoms with E-state index in [2.05, 4.69) is 37.2 Å². The third-order valence-electron chi connectivity index (χ3n) is 2.04. The van der Waals surface area contributed by atoms with Gasteiger partial charge in [0.1, 0.15) is 0 Å². The van der Waals surface area contributed by atoms with E-state index in [4.69, 9.17) is 11.6 Å². The van der Waals surface area contributed by atoms with Gasteiger partial charge in [0.15, 0.2) is 0 Å². The number of carbonyl (C=O) groups excluding carboxylic acids is 1. The first kappa shape index (κ1) is 14.0. The molecule has 0 saturated heterocycles. The number of benzene rings is 1. The predicted molar refractivity (Wildman–Crippen MR) is 75.3 cm³/mol. The molecule has 0 saturated carbocycles. The Morgan fingerprint density at radius 3 is 2.75 bits per heavy atom. The van der Waals surface area contributed by atoms with Gasteiger partial charge < -0.3 is 5.32 Å². The molecule has 1 amide bonds. The third kappa shape index (κ3) is 3.75. The van der Waals surface area contributed by atoms with E-state index in [1.165, 1.54) is 0 Å². The summed E-state index contributed by atoms with van der Waals surface area (Å²) in [6.45, 7) is 1.97. The highest BCUT2D eigenvalue weighted by atomic mass is 79.9. The SMILES string of the molecule is CCCC(=O)Nc1cc(Cl)c(Br)cc1CBr. The number of amides is 1. The Kier molecular flexibility index (Phi) is 5.79. The summed E-state index contributed by atoms with van der Waals surface area (Å²) in [7, 11) is 0. The molecule has 2 nitrogen and oxygen atoms in total. The first-order chi connectivity index (χ1) is 7.58. The van der Waals surface area contributed by atoms with Crippen molar-refractivity contribution >= 4 is 55.1 Å². The molecule has 0 spiro atoms. The molecule has 1 N–H and O–H groups in total. The van der Waals surface area contributed by atoms with Crippen LogP contribution in [0.15, 0.2) is 16.6 Å². The molecule has 0 bridgehead atoms. The second-order valence-corrected chi connectivity index (χ2v) is 5.18. The first-order valence-electron chi connectivity index (χ1n) is 4.92. The monoisotopic (exact) mass is 367 g/mol. The van der Waals surface area contributed by atoms with Gasteiger partial charge in [0.05, 0.1) is 5.02 Å². The van der Waals surface area contributed by atoms with Crippen molar-refractivity contribution in [1.29, 1.82) is 0 Å². The molecule has 0 fully saturated rings. The topological polar surface area (TPSA) is 29.1 Å². The molecule has 0 radical (unpaired) electrons. The van der Waals surface area contributed by atoms with Gasteiger partial charge in [0.25, 0.3) is 0 Å². The van der Waals surface area contributed by atoms with Crippen LogP contribution < -0.4 is 5.32 Å². The van der Waals surface area contributed by atoms with E-state index in [1.54, 1.807) is 6.07 Å². The number of hydrogen-bond donors (Lipinski definition) is 1. The van der Waals surface area contributed by atoms with Crippen LogP contribution in [0.3, 0.4) is 0 Å². The fourth-order valence-electron chi connectivity index (χ4n) is 1.25. The van der Waals surface area contributed by atoms with Gasteiger partial charge in [0.2, 0.25) is 5.91 Å². The molecule has 0 unspecified atom stereocenters. The largest absolute Gasteiger partial charge is 0.326 e. The second-order valence-electron chi connectivity index (χ2n) is 3.36. The van der Waals surface area contributed by atoms with Gasteiger partial charge in [-0.15, -0.1) is 0 Å². The van der Waals surface area contributed by atoms with Crippen LogP contribution in [0.4, 0.5) is 5.69 Å². The van der Waals surface area contributed by atoms with Crippen molar-refractivity contribution in [1.82, 2.24) is 0 Å². The highest BCUT2D eigenvalue weighted by Gasteiger charge is 2.09. The van der Waals surface area contributed by atoms with Crippen molar-refractivity contribution in [3.05, 3.63) is 27.2 Å². The number of anilines is 1. The zero-order valence-electron chi connectivity index (χ0n) is 8.82. The summed E-state index contributed by atoms with van der Waals surface area (Å²) in [4.78, 5) is 11.5. The van der Waals surface area contributed by atoms with Crippen molar-refractivity contribution in [3.8, 4) is 0 Å². The Morgan fingerprint density at radius 2 is 2.19 bits per heavy atom. The van der Waals surface area contributed by atoms with Crippen molar-refractivity contribution < 1.29 is 4.79 Å². The normalized spacial score (nSPS) is 10.2. The minimum absolute atomic E-state index is 0.0167. The highest BCUT2D eigenvalue weighted by Crippen LogP contribution is 2.30. The fourth-order valence-corrected chi connectivity index (χ4v) is 2.27. The fraction of sp³-hybridized carbons (Fsp3) is 0.364. The van der Waals surface area contributed by atoms with E-state index in [9.17, 15) is 4.79 Å². The van der Waals surface area contributed by atoms with E-state index >= 15 is 0 Å². The molecular weight excluding hydrogens is 357 g/mol. The van der Waals surface area contributed by atoms with E-state index in [-0.39, 0.29) is 5.91 Å². The van der Waals surface area contributed by atoms with Gasteiger partial charge in [-0.3, -0.25) is 4.79 Å². The molecule has 1 rings (SSSR count). The zero-order chi connectivity index (χ0) is 12.1. The Bertz CT molecular complexity index is 396. The molecule has 1 aromatic carbocycles. The summed E-state index contributed by atoms with van der Waals surface area (Å²) < 4.78 is 0.831. The number of hydrogen-bond acceptors (Lipinski definition) is 1. The maximum atomic E-state index is 11.5. The number of halogens is 3. The third-order valence-corrected chi connectivity index (χ3v) is 3.84. The van der Waals surface area contributed by atoms with Gasteiger partial charge in [-0.2, -0.15) is 0 Å². The summed E-state index contributed by atoms with van der Waals surface area (Å²) in [6.07, 6.45) is 1.36. The second kappa shape index (κ2) is 6.62. The van der Waals surface area contributed by atoms with Gasteiger partial charge in [-0.25, -0.2) is 0 Å². The molecule has 88 valence electrons. The summed E-state index contributed by atoms with van der Waals surface area (Å²) in [5.41, 5.74) is 1.77. The molecule has 5 heteroatoms. The lowest BCUT2D eigenvalue weighted by Crippen LogP contribution is -2.12. The molecule has 0 aliphatic rings. The standard InChI is InChI=1S/C11H12Br2ClNO/c1-2-3-11(16)15-10-5-9(14)8(13)4-7(10)6-12/h4-5H,2-3,6H2,1H3,(H,15,16). The minimum atomic E-state index is 0.0167. The summed E-state index contributed by atoms with van der Waals surface area (Å²) in [6, 6.07) is 3.66. The van der Waals surface area contributed by atoms with Crippen molar-refractivity contribution in [2.24, 2.45) is 0 Å². The molecule has 0 aromatic heterocycles. The minimum Gasteiger partial charge on any atom is -0.326 e. The van der Waals surface area contributed by atoms with E-state index in [1.807, 2.05) is 13.0 Å².